The van der Waals surface area contributed by atoms with Crippen LogP contribution in [0.4, 0.5) is 0 Å². The Hall–Kier alpha value is -1.41. The Labute approximate surface area is 154 Å². The van der Waals surface area contributed by atoms with Crippen LogP contribution in [-0.4, -0.2) is 17.4 Å². The topological polar surface area (TPSA) is 34.1 Å². The van der Waals surface area contributed by atoms with Crippen LogP contribution >= 0.6 is 11.6 Å². The van der Waals surface area contributed by atoms with Crippen LogP contribution in [0, 0.1) is 28.6 Å². The van der Waals surface area contributed by atoms with E-state index in [0.717, 1.165) is 24.8 Å². The fourth-order valence-corrected chi connectivity index (χ4v) is 6.16. The Balaban J connectivity index is 1.77. The molecule has 0 N–H and O–H groups in total. The molecule has 0 radical (unpaired) electrons. The van der Waals surface area contributed by atoms with Crippen LogP contribution in [0.1, 0.15) is 40.0 Å². The van der Waals surface area contributed by atoms with E-state index in [-0.39, 0.29) is 28.3 Å². The summed E-state index contributed by atoms with van der Waals surface area (Å²) in [5.41, 5.74) is 3.42. The van der Waals surface area contributed by atoms with E-state index in [1.165, 1.54) is 11.1 Å². The van der Waals surface area contributed by atoms with Crippen molar-refractivity contribution in [2.24, 2.45) is 28.6 Å². The molecule has 0 unspecified atom stereocenters. The molecule has 1 fully saturated rings. The number of rotatable bonds is 2. The van der Waals surface area contributed by atoms with Crippen LogP contribution < -0.4 is 0 Å². The van der Waals surface area contributed by atoms with Gasteiger partial charge in [0, 0.05) is 10.8 Å². The second-order valence-corrected chi connectivity index (χ2v) is 8.85. The predicted molar refractivity (Wildman–Crippen MR) is 100 cm³/mol. The van der Waals surface area contributed by atoms with Crippen molar-refractivity contribution in [2.75, 3.05) is 5.88 Å². The fraction of sp³-hybridized carbons (Fsp3) is 0.545. The first kappa shape index (κ1) is 17.0. The van der Waals surface area contributed by atoms with Gasteiger partial charge in [-0.05, 0) is 67.2 Å². The molecule has 0 bridgehead atoms. The number of hydrogen-bond donors (Lipinski definition) is 0. The molecule has 3 heteroatoms. The highest BCUT2D eigenvalue weighted by molar-refractivity contribution is 6.30. The molecule has 0 aromatic carbocycles. The predicted octanol–water partition coefficient (Wildman–Crippen LogP) is 4.80. The minimum Gasteiger partial charge on any atom is -0.293 e. The van der Waals surface area contributed by atoms with Gasteiger partial charge >= 0.3 is 0 Å². The lowest BCUT2D eigenvalue weighted by atomic mass is 9.50. The maximum atomic E-state index is 12.3. The lowest BCUT2D eigenvalue weighted by Crippen LogP contribution is -2.45. The van der Waals surface area contributed by atoms with Gasteiger partial charge in [0.15, 0.2) is 11.6 Å². The molecule has 0 heterocycles. The van der Waals surface area contributed by atoms with Crippen LogP contribution in [0.15, 0.2) is 47.1 Å². The number of allylic oxidation sites excluding steroid dienone is 8. The third-order valence-electron chi connectivity index (χ3n) is 7.28. The van der Waals surface area contributed by atoms with Gasteiger partial charge in [-0.2, -0.15) is 0 Å². The number of alkyl halides is 1. The first-order valence-corrected chi connectivity index (χ1v) is 9.80. The second kappa shape index (κ2) is 5.54. The van der Waals surface area contributed by atoms with E-state index in [1.54, 1.807) is 6.08 Å². The Morgan fingerprint density at radius 2 is 2.04 bits per heavy atom. The molecule has 1 saturated carbocycles. The van der Waals surface area contributed by atoms with Crippen molar-refractivity contribution in [3.8, 4) is 0 Å². The summed E-state index contributed by atoms with van der Waals surface area (Å²) in [7, 11) is 0. The first-order valence-electron chi connectivity index (χ1n) is 9.27. The summed E-state index contributed by atoms with van der Waals surface area (Å²) in [6, 6.07) is 0. The molecule has 4 aliphatic carbocycles. The summed E-state index contributed by atoms with van der Waals surface area (Å²) in [4.78, 5) is 24.3. The van der Waals surface area contributed by atoms with Crippen LogP contribution in [-0.2, 0) is 9.59 Å². The number of hydrogen-bond acceptors (Lipinski definition) is 2. The largest absolute Gasteiger partial charge is 0.293 e. The van der Waals surface area contributed by atoms with Crippen molar-refractivity contribution in [3.05, 3.63) is 47.1 Å². The van der Waals surface area contributed by atoms with Crippen LogP contribution in [0.3, 0.4) is 0 Å². The zero-order chi connectivity index (χ0) is 18.0. The third kappa shape index (κ3) is 2.23. The molecular weight excluding hydrogens is 332 g/mol. The number of carbonyl (C=O) groups excluding carboxylic acids is 2. The molecule has 132 valence electrons. The number of halogens is 1. The van der Waals surface area contributed by atoms with E-state index in [9.17, 15) is 9.59 Å². The molecule has 4 rings (SSSR count). The molecular formula is C22H25ClO2. The van der Waals surface area contributed by atoms with Crippen LogP contribution in [0.25, 0.3) is 0 Å². The lowest BCUT2D eigenvalue weighted by molar-refractivity contribution is -0.114. The van der Waals surface area contributed by atoms with Crippen LogP contribution in [0.5, 0.6) is 0 Å². The quantitative estimate of drug-likeness (QED) is 0.526. The van der Waals surface area contributed by atoms with Gasteiger partial charge in [0.05, 0.1) is 5.88 Å². The van der Waals surface area contributed by atoms with Gasteiger partial charge in [-0.3, -0.25) is 9.59 Å². The Kier molecular flexibility index (Phi) is 3.77. The SMILES string of the molecule is C[C@H]1C[C@@H]2C(=CC[C@]3(C)C(C(=O)CCl)=CC[C@@H]23)[C@@]2(C)C=CC(=O)C=C12. The molecule has 5 atom stereocenters. The molecule has 25 heavy (non-hydrogen) atoms. The minimum atomic E-state index is -0.142. The van der Waals surface area contributed by atoms with Crippen LogP contribution in [0.2, 0.25) is 0 Å². The second-order valence-electron chi connectivity index (χ2n) is 8.58. The number of fused-ring (bicyclic) bond motifs is 5. The zero-order valence-electron chi connectivity index (χ0n) is 15.1. The van der Waals surface area contributed by atoms with Gasteiger partial charge in [-0.1, -0.05) is 37.6 Å². The monoisotopic (exact) mass is 356 g/mol. The maximum Gasteiger partial charge on any atom is 0.178 e. The highest BCUT2D eigenvalue weighted by Gasteiger charge is 2.55. The Morgan fingerprint density at radius 1 is 1.28 bits per heavy atom. The number of Topliss-reactive ketones (excluding diaryl/α,β-unsaturated/α-hetero) is 1. The van der Waals surface area contributed by atoms with Gasteiger partial charge in [-0.15, -0.1) is 11.6 Å². The van der Waals surface area contributed by atoms with Gasteiger partial charge in [-0.25, -0.2) is 0 Å². The van der Waals surface area contributed by atoms with E-state index in [1.807, 2.05) is 6.08 Å². The average molecular weight is 357 g/mol. The smallest absolute Gasteiger partial charge is 0.178 e. The third-order valence-corrected chi connectivity index (χ3v) is 7.52. The lowest BCUT2D eigenvalue weighted by Gasteiger charge is -2.53. The number of ketones is 2. The Morgan fingerprint density at radius 3 is 2.76 bits per heavy atom. The first-order chi connectivity index (χ1) is 11.8. The molecule has 0 aromatic rings. The molecule has 0 amide bonds. The van der Waals surface area contributed by atoms with Crippen molar-refractivity contribution in [1.29, 1.82) is 0 Å². The Bertz CT molecular complexity index is 784. The highest BCUT2D eigenvalue weighted by atomic mass is 35.5. The molecule has 4 aliphatic rings. The van der Waals surface area contributed by atoms with Gasteiger partial charge < -0.3 is 0 Å². The summed E-state index contributed by atoms with van der Waals surface area (Å²) < 4.78 is 0. The van der Waals surface area contributed by atoms with Gasteiger partial charge in [0.1, 0.15) is 0 Å². The summed E-state index contributed by atoms with van der Waals surface area (Å²) >= 11 is 5.86. The summed E-state index contributed by atoms with van der Waals surface area (Å²) in [5.74, 6) is 1.57. The zero-order valence-corrected chi connectivity index (χ0v) is 15.9. The summed E-state index contributed by atoms with van der Waals surface area (Å²) in [5, 5.41) is 0. The van der Waals surface area contributed by atoms with Crippen molar-refractivity contribution in [3.63, 3.8) is 0 Å². The fourth-order valence-electron chi connectivity index (χ4n) is 6.01. The van der Waals surface area contributed by atoms with Crippen molar-refractivity contribution < 1.29 is 9.59 Å². The van der Waals surface area contributed by atoms with Crippen molar-refractivity contribution >= 4 is 23.2 Å². The van der Waals surface area contributed by atoms with E-state index in [0.29, 0.717) is 17.8 Å². The van der Waals surface area contributed by atoms with Crippen molar-refractivity contribution in [2.45, 2.75) is 40.0 Å². The maximum absolute atomic E-state index is 12.3. The standard InChI is InChI=1S/C22H25ClO2/c1-13-10-15-16-4-5-18(20(25)12-23)21(16,2)9-7-17(15)22(3)8-6-14(24)11-19(13)22/h5-8,11,13,15-16H,4,9-10,12H2,1-3H3/t13-,15-,16-,21-,22+/m0/s1. The molecule has 0 aromatic heterocycles. The van der Waals surface area contributed by atoms with E-state index >= 15 is 0 Å². The van der Waals surface area contributed by atoms with Crippen molar-refractivity contribution in [1.82, 2.24) is 0 Å². The summed E-state index contributed by atoms with van der Waals surface area (Å²) in [6.45, 7) is 6.74. The average Bonchev–Trinajstić information content (AvgIpc) is 2.93. The normalized spacial score (nSPS) is 42.0. The highest BCUT2D eigenvalue weighted by Crippen LogP contribution is 2.63. The van der Waals surface area contributed by atoms with E-state index in [2.05, 4.69) is 39.0 Å². The van der Waals surface area contributed by atoms with E-state index in [4.69, 9.17) is 11.6 Å². The molecule has 0 saturated heterocycles. The summed E-state index contributed by atoms with van der Waals surface area (Å²) in [6.07, 6.45) is 13.1. The molecule has 0 aliphatic heterocycles. The molecule has 2 nitrogen and oxygen atoms in total. The molecule has 0 spiro atoms. The van der Waals surface area contributed by atoms with E-state index < -0.39 is 0 Å². The van der Waals surface area contributed by atoms with Gasteiger partial charge in [0.25, 0.3) is 0 Å². The minimum absolute atomic E-state index is 0.0707. The van der Waals surface area contributed by atoms with Gasteiger partial charge in [0.2, 0.25) is 0 Å². The number of carbonyl (C=O) groups is 2.